The van der Waals surface area contributed by atoms with E-state index in [0.29, 0.717) is 12.2 Å². The molecule has 0 bridgehead atoms. The molecular formula is C15H20FNO4. The predicted octanol–water partition coefficient (Wildman–Crippen LogP) is 1.79. The number of likely N-dealkylation sites (N-methyl/N-ethyl adjacent to an activating group) is 1. The molecule has 0 N–H and O–H groups in total. The van der Waals surface area contributed by atoms with Crippen LogP contribution in [0.3, 0.4) is 0 Å². The lowest BCUT2D eigenvalue weighted by Crippen LogP contribution is -2.30. The number of halogens is 1. The molecule has 0 aromatic heterocycles. The van der Waals surface area contributed by atoms with Crippen LogP contribution >= 0.6 is 0 Å². The molecule has 116 valence electrons. The highest BCUT2D eigenvalue weighted by atomic mass is 19.1. The Labute approximate surface area is 123 Å². The quantitative estimate of drug-likeness (QED) is 0.720. The minimum absolute atomic E-state index is 0.0697. The van der Waals surface area contributed by atoms with Gasteiger partial charge in [0, 0.05) is 13.6 Å². The molecule has 0 fully saturated rings. The first-order chi connectivity index (χ1) is 9.97. The molecule has 0 saturated heterocycles. The first kappa shape index (κ1) is 16.9. The fourth-order valence-corrected chi connectivity index (χ4v) is 1.75. The highest BCUT2D eigenvalue weighted by Gasteiger charge is 2.13. The minimum atomic E-state index is -0.503. The Morgan fingerprint density at radius 1 is 1.33 bits per heavy atom. The summed E-state index contributed by atoms with van der Waals surface area (Å²) < 4.78 is 23.1. The average Bonchev–Trinajstić information content (AvgIpc) is 2.45. The smallest absolute Gasteiger partial charge is 0.307 e. The van der Waals surface area contributed by atoms with Gasteiger partial charge in [-0.3, -0.25) is 9.59 Å². The van der Waals surface area contributed by atoms with Crippen LogP contribution in [0, 0.1) is 5.82 Å². The van der Waals surface area contributed by atoms with E-state index in [1.54, 1.807) is 20.0 Å². The Hall–Kier alpha value is -2.11. The summed E-state index contributed by atoms with van der Waals surface area (Å²) in [5, 5.41) is 0. The van der Waals surface area contributed by atoms with Gasteiger partial charge in [-0.25, -0.2) is 4.39 Å². The van der Waals surface area contributed by atoms with E-state index in [1.807, 2.05) is 0 Å². The Morgan fingerprint density at radius 2 is 2.05 bits per heavy atom. The van der Waals surface area contributed by atoms with Crippen LogP contribution in [0.25, 0.3) is 0 Å². The summed E-state index contributed by atoms with van der Waals surface area (Å²) in [5.41, 5.74) is 0.557. The molecule has 1 amide bonds. The monoisotopic (exact) mass is 297 g/mol. The molecule has 1 aromatic rings. The van der Waals surface area contributed by atoms with E-state index in [4.69, 9.17) is 9.47 Å². The topological polar surface area (TPSA) is 55.8 Å². The van der Waals surface area contributed by atoms with Gasteiger partial charge in [-0.2, -0.15) is 0 Å². The Kier molecular flexibility index (Phi) is 6.65. The number of carbonyl (C=O) groups excluding carboxylic acids is 2. The van der Waals surface area contributed by atoms with Crippen molar-refractivity contribution < 1.29 is 23.5 Å². The van der Waals surface area contributed by atoms with E-state index < -0.39 is 5.82 Å². The van der Waals surface area contributed by atoms with Gasteiger partial charge >= 0.3 is 5.97 Å². The molecule has 5 nitrogen and oxygen atoms in total. The molecule has 0 spiro atoms. The Morgan fingerprint density at radius 3 is 2.62 bits per heavy atom. The van der Waals surface area contributed by atoms with Gasteiger partial charge in [0.25, 0.3) is 0 Å². The fourth-order valence-electron chi connectivity index (χ4n) is 1.75. The number of esters is 1. The van der Waals surface area contributed by atoms with Gasteiger partial charge in [0.1, 0.15) is 0 Å². The number of benzene rings is 1. The molecule has 0 aliphatic carbocycles. The van der Waals surface area contributed by atoms with E-state index in [-0.39, 0.29) is 37.0 Å². The molecule has 1 aromatic carbocycles. The molecule has 0 aliphatic rings. The standard InChI is InChI=1S/C15H20FNO4/c1-4-21-15(19)7-8-17(2)14(18)10-11-5-6-13(20-3)12(16)9-11/h5-6,9H,4,7-8,10H2,1-3H3. The minimum Gasteiger partial charge on any atom is -0.494 e. The molecule has 0 heterocycles. The number of nitrogens with zero attached hydrogens (tertiary/aromatic N) is 1. The van der Waals surface area contributed by atoms with Crippen molar-refractivity contribution in [1.82, 2.24) is 4.90 Å². The first-order valence-electron chi connectivity index (χ1n) is 6.70. The van der Waals surface area contributed by atoms with Crippen molar-refractivity contribution in [1.29, 1.82) is 0 Å². The second-order valence-corrected chi connectivity index (χ2v) is 4.52. The maximum Gasteiger partial charge on any atom is 0.307 e. The first-order valence-corrected chi connectivity index (χ1v) is 6.70. The number of ether oxygens (including phenoxy) is 2. The van der Waals surface area contributed by atoms with Gasteiger partial charge in [-0.15, -0.1) is 0 Å². The average molecular weight is 297 g/mol. The van der Waals surface area contributed by atoms with Gasteiger partial charge in [0.05, 0.1) is 26.6 Å². The second kappa shape index (κ2) is 8.24. The number of hydrogen-bond donors (Lipinski definition) is 0. The highest BCUT2D eigenvalue weighted by molar-refractivity contribution is 5.79. The van der Waals surface area contributed by atoms with Gasteiger partial charge < -0.3 is 14.4 Å². The number of hydrogen-bond acceptors (Lipinski definition) is 4. The molecular weight excluding hydrogens is 277 g/mol. The molecule has 0 atom stereocenters. The van der Waals surface area contributed by atoms with Crippen molar-refractivity contribution in [3.8, 4) is 5.75 Å². The van der Waals surface area contributed by atoms with Crippen molar-refractivity contribution in [2.75, 3.05) is 27.3 Å². The van der Waals surface area contributed by atoms with E-state index in [0.717, 1.165) is 0 Å². The SMILES string of the molecule is CCOC(=O)CCN(C)C(=O)Cc1ccc(OC)c(F)c1. The largest absolute Gasteiger partial charge is 0.494 e. The van der Waals surface area contributed by atoms with Crippen molar-refractivity contribution in [2.45, 2.75) is 19.8 Å². The summed E-state index contributed by atoms with van der Waals surface area (Å²) >= 11 is 0. The lowest BCUT2D eigenvalue weighted by molar-refractivity contribution is -0.143. The Bertz CT molecular complexity index is 504. The molecule has 0 saturated carbocycles. The maximum absolute atomic E-state index is 13.5. The third-order valence-electron chi connectivity index (χ3n) is 2.95. The number of amides is 1. The number of carbonyl (C=O) groups is 2. The van der Waals surface area contributed by atoms with Crippen LogP contribution in [0.15, 0.2) is 18.2 Å². The highest BCUT2D eigenvalue weighted by Crippen LogP contribution is 2.18. The van der Waals surface area contributed by atoms with E-state index in [9.17, 15) is 14.0 Å². The van der Waals surface area contributed by atoms with Crippen molar-refractivity contribution in [2.24, 2.45) is 0 Å². The molecule has 1 rings (SSSR count). The normalized spacial score (nSPS) is 10.1. The lowest BCUT2D eigenvalue weighted by atomic mass is 10.1. The Balaban J connectivity index is 2.52. The van der Waals surface area contributed by atoms with Gasteiger partial charge in [-0.05, 0) is 24.6 Å². The zero-order valence-electron chi connectivity index (χ0n) is 12.5. The molecule has 0 unspecified atom stereocenters. The molecule has 21 heavy (non-hydrogen) atoms. The fraction of sp³-hybridized carbons (Fsp3) is 0.467. The van der Waals surface area contributed by atoms with Crippen molar-refractivity contribution >= 4 is 11.9 Å². The number of methoxy groups -OCH3 is 1. The second-order valence-electron chi connectivity index (χ2n) is 4.52. The van der Waals surface area contributed by atoms with Gasteiger partial charge in [0.15, 0.2) is 11.6 Å². The van der Waals surface area contributed by atoms with E-state index >= 15 is 0 Å². The summed E-state index contributed by atoms with van der Waals surface area (Å²) in [6.45, 7) is 2.32. The maximum atomic E-state index is 13.5. The van der Waals surface area contributed by atoms with E-state index in [1.165, 1.54) is 24.1 Å². The van der Waals surface area contributed by atoms with Crippen LogP contribution in [-0.2, 0) is 20.7 Å². The van der Waals surface area contributed by atoms with Crippen LogP contribution in [0.1, 0.15) is 18.9 Å². The van der Waals surface area contributed by atoms with Crippen LogP contribution in [0.5, 0.6) is 5.75 Å². The molecule has 0 aliphatic heterocycles. The third kappa shape index (κ3) is 5.41. The predicted molar refractivity (Wildman–Crippen MR) is 75.5 cm³/mol. The summed E-state index contributed by atoms with van der Waals surface area (Å²) in [6, 6.07) is 4.39. The zero-order chi connectivity index (χ0) is 15.8. The summed E-state index contributed by atoms with van der Waals surface area (Å²) in [4.78, 5) is 24.6. The lowest BCUT2D eigenvalue weighted by Gasteiger charge is -2.16. The van der Waals surface area contributed by atoms with Crippen LogP contribution in [0.2, 0.25) is 0 Å². The van der Waals surface area contributed by atoms with Crippen molar-refractivity contribution in [3.05, 3.63) is 29.6 Å². The summed E-state index contributed by atoms with van der Waals surface area (Å²) in [5.74, 6) is -0.893. The number of rotatable bonds is 7. The van der Waals surface area contributed by atoms with Crippen molar-refractivity contribution in [3.63, 3.8) is 0 Å². The molecule has 6 heteroatoms. The summed E-state index contributed by atoms with van der Waals surface area (Å²) in [7, 11) is 2.98. The van der Waals surface area contributed by atoms with Crippen LogP contribution in [0.4, 0.5) is 4.39 Å². The summed E-state index contributed by atoms with van der Waals surface area (Å²) in [6.07, 6.45) is 0.216. The van der Waals surface area contributed by atoms with E-state index in [2.05, 4.69) is 0 Å². The molecule has 0 radical (unpaired) electrons. The van der Waals surface area contributed by atoms with Gasteiger partial charge in [0.2, 0.25) is 5.91 Å². The van der Waals surface area contributed by atoms with Crippen LogP contribution < -0.4 is 4.74 Å². The van der Waals surface area contributed by atoms with Crippen LogP contribution in [-0.4, -0.2) is 44.1 Å². The third-order valence-corrected chi connectivity index (χ3v) is 2.95. The van der Waals surface area contributed by atoms with Gasteiger partial charge in [-0.1, -0.05) is 6.07 Å². The zero-order valence-corrected chi connectivity index (χ0v) is 12.5.